The molecule has 3 nitrogen and oxygen atoms in total. The van der Waals surface area contributed by atoms with Gasteiger partial charge in [-0.25, -0.2) is 0 Å². The number of hydrogen-bond donors (Lipinski definition) is 0. The fourth-order valence-corrected chi connectivity index (χ4v) is 2.59. The van der Waals surface area contributed by atoms with Crippen LogP contribution >= 0.6 is 0 Å². The van der Waals surface area contributed by atoms with Crippen LogP contribution in [0, 0.1) is 0 Å². The van der Waals surface area contributed by atoms with Crippen LogP contribution in [0.3, 0.4) is 0 Å². The Hall–Kier alpha value is -1.12. The molecule has 0 aromatic carbocycles. The zero-order chi connectivity index (χ0) is 15.3. The van der Waals surface area contributed by atoms with Crippen LogP contribution in [0.1, 0.15) is 84.0 Å². The summed E-state index contributed by atoms with van der Waals surface area (Å²) in [6.07, 6.45) is 14.8. The van der Waals surface area contributed by atoms with Gasteiger partial charge in [0, 0.05) is 12.8 Å². The van der Waals surface area contributed by atoms with E-state index in [2.05, 4.69) is 6.92 Å². The molecule has 0 aromatic heterocycles. The van der Waals surface area contributed by atoms with Gasteiger partial charge in [-0.05, 0) is 37.8 Å². The first kappa shape index (κ1) is 17.9. The van der Waals surface area contributed by atoms with Crippen LogP contribution in [-0.4, -0.2) is 17.9 Å². The number of ether oxygens (including phenoxy) is 1. The minimum atomic E-state index is -0.226. The number of ketones is 1. The van der Waals surface area contributed by atoms with Crippen molar-refractivity contribution in [3.63, 3.8) is 0 Å². The molecule has 0 amide bonds. The molecule has 3 heteroatoms. The molecule has 120 valence electrons. The van der Waals surface area contributed by atoms with Crippen LogP contribution in [-0.2, 0) is 14.3 Å². The Bertz CT molecular complexity index is 333. The largest absolute Gasteiger partial charge is 0.458 e. The van der Waals surface area contributed by atoms with Gasteiger partial charge in [-0.3, -0.25) is 9.59 Å². The van der Waals surface area contributed by atoms with E-state index in [1.54, 1.807) is 12.2 Å². The van der Waals surface area contributed by atoms with Crippen molar-refractivity contribution >= 4 is 11.8 Å². The number of carbonyl (C=O) groups excluding carboxylic acids is 2. The van der Waals surface area contributed by atoms with Crippen molar-refractivity contribution in [1.29, 1.82) is 0 Å². The lowest BCUT2D eigenvalue weighted by Crippen LogP contribution is -2.16. The van der Waals surface area contributed by atoms with Crippen LogP contribution in [0.4, 0.5) is 0 Å². The maximum absolute atomic E-state index is 11.8. The molecule has 1 heterocycles. The molecule has 21 heavy (non-hydrogen) atoms. The van der Waals surface area contributed by atoms with Crippen molar-refractivity contribution in [1.82, 2.24) is 0 Å². The fourth-order valence-electron chi connectivity index (χ4n) is 2.59. The SMILES string of the molecule is CCCCCC1/C=C\C(=O)CCCCCCCCC(=O)O1. The van der Waals surface area contributed by atoms with Crippen molar-refractivity contribution in [3.05, 3.63) is 12.2 Å². The molecule has 0 N–H and O–H groups in total. The zero-order valence-corrected chi connectivity index (χ0v) is 13.4. The average Bonchev–Trinajstić information content (AvgIpc) is 2.46. The first-order valence-electron chi connectivity index (χ1n) is 8.63. The van der Waals surface area contributed by atoms with E-state index in [9.17, 15) is 9.59 Å². The summed E-state index contributed by atoms with van der Waals surface area (Å²) in [5.74, 6) is 0.0363. The van der Waals surface area contributed by atoms with Gasteiger partial charge in [0.1, 0.15) is 6.10 Å². The Morgan fingerprint density at radius 2 is 1.67 bits per heavy atom. The highest BCUT2D eigenvalue weighted by Crippen LogP contribution is 2.14. The van der Waals surface area contributed by atoms with Crippen LogP contribution in [0.15, 0.2) is 12.2 Å². The van der Waals surface area contributed by atoms with Crippen LogP contribution in [0.2, 0.25) is 0 Å². The maximum Gasteiger partial charge on any atom is 0.306 e. The van der Waals surface area contributed by atoms with Gasteiger partial charge in [-0.1, -0.05) is 45.4 Å². The Balaban J connectivity index is 2.55. The van der Waals surface area contributed by atoms with Crippen molar-refractivity contribution in [3.8, 4) is 0 Å². The second-order valence-corrected chi connectivity index (χ2v) is 5.97. The molecule has 0 spiro atoms. The predicted octanol–water partition coefficient (Wildman–Crippen LogP) is 4.74. The number of carbonyl (C=O) groups is 2. The second-order valence-electron chi connectivity index (χ2n) is 5.97. The molecule has 1 unspecified atom stereocenters. The smallest absolute Gasteiger partial charge is 0.306 e. The third kappa shape index (κ3) is 9.43. The lowest BCUT2D eigenvalue weighted by molar-refractivity contribution is -0.147. The van der Waals surface area contributed by atoms with E-state index >= 15 is 0 Å². The van der Waals surface area contributed by atoms with E-state index in [0.717, 1.165) is 64.2 Å². The Morgan fingerprint density at radius 3 is 2.38 bits per heavy atom. The average molecular weight is 294 g/mol. The van der Waals surface area contributed by atoms with Crippen LogP contribution in [0.5, 0.6) is 0 Å². The molecule has 0 saturated heterocycles. The normalized spacial score (nSPS) is 24.1. The highest BCUT2D eigenvalue weighted by atomic mass is 16.5. The third-order valence-electron chi connectivity index (χ3n) is 3.93. The molecule has 0 aromatic rings. The van der Waals surface area contributed by atoms with Gasteiger partial charge >= 0.3 is 5.97 Å². The topological polar surface area (TPSA) is 43.4 Å². The molecule has 0 radical (unpaired) electrons. The molecule has 1 atom stereocenters. The molecular formula is C18H30O3. The van der Waals surface area contributed by atoms with Gasteiger partial charge < -0.3 is 4.74 Å². The summed E-state index contributed by atoms with van der Waals surface area (Å²) in [5, 5.41) is 0. The van der Waals surface area contributed by atoms with Gasteiger partial charge in [0.25, 0.3) is 0 Å². The van der Waals surface area contributed by atoms with Crippen molar-refractivity contribution in [2.75, 3.05) is 0 Å². The van der Waals surface area contributed by atoms with E-state index in [4.69, 9.17) is 4.74 Å². The van der Waals surface area contributed by atoms with Gasteiger partial charge in [-0.2, -0.15) is 0 Å². The minimum absolute atomic E-state index is 0.120. The summed E-state index contributed by atoms with van der Waals surface area (Å²) >= 11 is 0. The van der Waals surface area contributed by atoms with Gasteiger partial charge in [0.05, 0.1) is 0 Å². The summed E-state index contributed by atoms with van der Waals surface area (Å²) in [6.45, 7) is 2.15. The Labute approximate surface area is 129 Å². The summed E-state index contributed by atoms with van der Waals surface area (Å²) in [6, 6.07) is 0. The van der Waals surface area contributed by atoms with Crippen LogP contribution < -0.4 is 0 Å². The first-order valence-corrected chi connectivity index (χ1v) is 8.63. The lowest BCUT2D eigenvalue weighted by atomic mass is 10.0. The molecular weight excluding hydrogens is 264 g/mol. The number of hydrogen-bond acceptors (Lipinski definition) is 3. The molecule has 0 saturated carbocycles. The first-order chi connectivity index (χ1) is 10.2. The maximum atomic E-state index is 11.8. The quantitative estimate of drug-likeness (QED) is 0.555. The van der Waals surface area contributed by atoms with Gasteiger partial charge in [0.2, 0.25) is 0 Å². The summed E-state index contributed by atoms with van der Waals surface area (Å²) < 4.78 is 5.51. The van der Waals surface area contributed by atoms with E-state index in [0.29, 0.717) is 12.8 Å². The summed E-state index contributed by atoms with van der Waals surface area (Å²) in [5.41, 5.74) is 0. The zero-order valence-electron chi connectivity index (χ0n) is 13.4. The van der Waals surface area contributed by atoms with E-state index in [1.165, 1.54) is 0 Å². The molecule has 0 bridgehead atoms. The number of cyclic esters (lactones) is 1. The number of rotatable bonds is 4. The third-order valence-corrected chi connectivity index (χ3v) is 3.93. The van der Waals surface area contributed by atoms with Crippen molar-refractivity contribution in [2.45, 2.75) is 90.1 Å². The molecule has 1 aliphatic heterocycles. The Kier molecular flexibility index (Phi) is 9.84. The monoisotopic (exact) mass is 294 g/mol. The van der Waals surface area contributed by atoms with Gasteiger partial charge in [-0.15, -0.1) is 0 Å². The highest BCUT2D eigenvalue weighted by molar-refractivity contribution is 5.89. The Morgan fingerprint density at radius 1 is 1.00 bits per heavy atom. The molecule has 1 aliphatic rings. The molecule has 0 fully saturated rings. The number of unbranched alkanes of at least 4 members (excludes halogenated alkanes) is 2. The minimum Gasteiger partial charge on any atom is -0.458 e. The molecule has 0 aliphatic carbocycles. The van der Waals surface area contributed by atoms with Crippen molar-refractivity contribution < 1.29 is 14.3 Å². The summed E-state index contributed by atoms with van der Waals surface area (Å²) in [4.78, 5) is 23.6. The molecule has 1 rings (SSSR count). The van der Waals surface area contributed by atoms with Crippen molar-refractivity contribution in [2.24, 2.45) is 0 Å². The van der Waals surface area contributed by atoms with E-state index < -0.39 is 0 Å². The summed E-state index contributed by atoms with van der Waals surface area (Å²) in [7, 11) is 0. The van der Waals surface area contributed by atoms with Crippen LogP contribution in [0.25, 0.3) is 0 Å². The van der Waals surface area contributed by atoms with E-state index in [1.807, 2.05) is 0 Å². The highest BCUT2D eigenvalue weighted by Gasteiger charge is 2.12. The second kappa shape index (κ2) is 11.5. The lowest BCUT2D eigenvalue weighted by Gasteiger charge is -2.14. The number of esters is 1. The van der Waals surface area contributed by atoms with Gasteiger partial charge in [0.15, 0.2) is 5.78 Å². The predicted molar refractivity (Wildman–Crippen MR) is 85.1 cm³/mol. The fraction of sp³-hybridized carbons (Fsp3) is 0.778. The number of allylic oxidation sites excluding steroid dienone is 1. The van der Waals surface area contributed by atoms with E-state index in [-0.39, 0.29) is 17.9 Å². The standard InChI is InChI=1S/C18H30O3/c1-2-3-8-12-17-15-14-16(19)11-9-6-4-5-7-10-13-18(20)21-17/h14-15,17H,2-13H2,1H3/b15-14-.